The van der Waals surface area contributed by atoms with Crippen LogP contribution in [0.25, 0.3) is 11.2 Å². The predicted octanol–water partition coefficient (Wildman–Crippen LogP) is 0.920. The van der Waals surface area contributed by atoms with Gasteiger partial charge in [-0.15, -0.1) is 0 Å². The van der Waals surface area contributed by atoms with Crippen molar-refractivity contribution in [3.63, 3.8) is 0 Å². The van der Waals surface area contributed by atoms with Crippen LogP contribution < -0.4 is 27.0 Å². The number of aromatic hydroxyl groups is 1. The van der Waals surface area contributed by atoms with E-state index in [4.69, 9.17) is 5.73 Å². The molecule has 0 saturated heterocycles. The number of nitrogens with one attached hydrogen (secondary N) is 4. The van der Waals surface area contributed by atoms with Gasteiger partial charge in [0.05, 0.1) is 31.5 Å². The van der Waals surface area contributed by atoms with Gasteiger partial charge in [-0.25, -0.2) is 19.6 Å². The minimum absolute atomic E-state index is 0.0521. The van der Waals surface area contributed by atoms with E-state index in [-0.39, 0.29) is 66.6 Å². The molecule has 0 fully saturated rings. The number of allylic oxidation sites excluding steroid dienone is 1. The molecule has 1 aromatic carbocycles. The Kier molecular flexibility index (Phi) is 12.2. The first-order chi connectivity index (χ1) is 21.8. The van der Waals surface area contributed by atoms with E-state index < -0.39 is 41.6 Å². The summed E-state index contributed by atoms with van der Waals surface area (Å²) in [5, 5.41) is 39.0. The highest BCUT2D eigenvalue weighted by atomic mass is 16.4. The van der Waals surface area contributed by atoms with E-state index >= 15 is 0 Å². The second-order valence-corrected chi connectivity index (χ2v) is 10.5. The first-order valence-electron chi connectivity index (χ1n) is 14.1. The zero-order chi connectivity index (χ0) is 33.8. The van der Waals surface area contributed by atoms with E-state index in [0.717, 1.165) is 0 Å². The van der Waals surface area contributed by atoms with Crippen molar-refractivity contribution >= 4 is 52.5 Å². The number of amides is 3. The third-order valence-corrected chi connectivity index (χ3v) is 6.37. The molecule has 1 atom stereocenters. The Labute approximate surface area is 262 Å². The minimum atomic E-state index is -1.36. The molecule has 0 bridgehead atoms. The molecule has 3 amide bonds. The molecule has 17 heteroatoms. The second-order valence-electron chi connectivity index (χ2n) is 10.5. The Morgan fingerprint density at radius 3 is 2.33 bits per heavy atom. The molecule has 244 valence electrons. The Balaban J connectivity index is 1.44. The van der Waals surface area contributed by atoms with Crippen LogP contribution in [0.5, 0.6) is 5.88 Å². The van der Waals surface area contributed by atoms with Crippen LogP contribution in [-0.4, -0.2) is 77.6 Å². The molecule has 0 aliphatic heterocycles. The number of anilines is 2. The van der Waals surface area contributed by atoms with Crippen LogP contribution in [0.1, 0.15) is 55.6 Å². The molecular formula is C29H35N9O8. The van der Waals surface area contributed by atoms with Gasteiger partial charge in [0, 0.05) is 23.2 Å². The number of hydrogen-bond acceptors (Lipinski definition) is 12. The largest absolute Gasteiger partial charge is 0.492 e. The first kappa shape index (κ1) is 34.6. The monoisotopic (exact) mass is 637 g/mol. The quantitative estimate of drug-likeness (QED) is 0.0801. The molecule has 0 unspecified atom stereocenters. The normalized spacial score (nSPS) is 11.9. The number of carbonyl (C=O) groups is 5. The van der Waals surface area contributed by atoms with Gasteiger partial charge in [0.2, 0.25) is 23.6 Å². The van der Waals surface area contributed by atoms with E-state index in [0.29, 0.717) is 17.8 Å². The molecule has 17 nitrogen and oxygen atoms in total. The van der Waals surface area contributed by atoms with Crippen LogP contribution in [-0.2, 0) is 25.7 Å². The summed E-state index contributed by atoms with van der Waals surface area (Å²) in [5.74, 6) is -4.68. The fourth-order valence-electron chi connectivity index (χ4n) is 3.92. The second kappa shape index (κ2) is 16.3. The lowest BCUT2D eigenvalue weighted by Gasteiger charge is -2.15. The molecule has 0 aliphatic rings. The molecule has 3 rings (SSSR count). The SMILES string of the molecule is CC(C)C/C=C(/CC(=O)NCNC(=O)CC[C@H](NC(=O)c1ccc(NCc2cnc3nc(N)nc(O)c3n2)cc1)C(=O)O)C(=O)O. The average molecular weight is 638 g/mol. The standard InChI is InChI=1S/C29H35N9O8/c1-15(2)3-4-17(27(43)44)11-22(40)34-14-33-21(39)10-9-20(28(45)46)36-25(41)16-5-7-18(8-6-16)31-12-19-13-32-24-23(35-19)26(42)38-29(30)37-24/h4-8,13,15,20,31H,3,9-12,14H2,1-2H3,(H,33,39)(H,34,40)(H,36,41)(H,43,44)(H,45,46)(H3,30,32,37,38,42)/b17-4-/t20-/m0/s1. The summed E-state index contributed by atoms with van der Waals surface area (Å²) >= 11 is 0. The van der Waals surface area contributed by atoms with Crippen LogP contribution in [0.4, 0.5) is 11.6 Å². The zero-order valence-corrected chi connectivity index (χ0v) is 25.1. The Morgan fingerprint density at radius 1 is 0.978 bits per heavy atom. The summed E-state index contributed by atoms with van der Waals surface area (Å²) in [5.41, 5.74) is 6.93. The van der Waals surface area contributed by atoms with E-state index in [1.807, 2.05) is 13.8 Å². The maximum atomic E-state index is 12.7. The van der Waals surface area contributed by atoms with E-state index in [9.17, 15) is 39.3 Å². The van der Waals surface area contributed by atoms with Crippen molar-refractivity contribution in [3.05, 3.63) is 53.4 Å². The van der Waals surface area contributed by atoms with Crippen LogP contribution in [0.15, 0.2) is 42.1 Å². The van der Waals surface area contributed by atoms with Gasteiger partial charge in [0.1, 0.15) is 6.04 Å². The smallest absolute Gasteiger partial charge is 0.331 e. The van der Waals surface area contributed by atoms with Crippen molar-refractivity contribution in [1.29, 1.82) is 0 Å². The van der Waals surface area contributed by atoms with Crippen molar-refractivity contribution in [2.45, 2.75) is 52.1 Å². The number of rotatable bonds is 16. The van der Waals surface area contributed by atoms with Crippen LogP contribution in [0.3, 0.4) is 0 Å². The molecule has 0 saturated carbocycles. The van der Waals surface area contributed by atoms with Gasteiger partial charge in [-0.2, -0.15) is 9.97 Å². The number of carboxylic acid groups (broad SMARTS) is 2. The molecule has 2 aromatic heterocycles. The van der Waals surface area contributed by atoms with Gasteiger partial charge in [-0.1, -0.05) is 19.9 Å². The number of nitrogens with zero attached hydrogens (tertiary/aromatic N) is 4. The molecule has 0 radical (unpaired) electrons. The van der Waals surface area contributed by atoms with Gasteiger partial charge in [0.15, 0.2) is 11.2 Å². The maximum Gasteiger partial charge on any atom is 0.331 e. The number of nitrogen functional groups attached to an aromatic ring is 1. The molecule has 3 aromatic rings. The molecule has 2 heterocycles. The molecule has 0 aliphatic carbocycles. The highest BCUT2D eigenvalue weighted by Crippen LogP contribution is 2.19. The fraction of sp³-hybridized carbons (Fsp3) is 0.345. The van der Waals surface area contributed by atoms with Crippen LogP contribution in [0, 0.1) is 5.92 Å². The van der Waals surface area contributed by atoms with Crippen LogP contribution in [0.2, 0.25) is 0 Å². The summed E-state index contributed by atoms with van der Waals surface area (Å²) < 4.78 is 0. The van der Waals surface area contributed by atoms with Crippen molar-refractivity contribution in [1.82, 2.24) is 35.9 Å². The van der Waals surface area contributed by atoms with Gasteiger partial charge in [-0.05, 0) is 43.0 Å². The number of carboxylic acids is 2. The van der Waals surface area contributed by atoms with Gasteiger partial charge in [0.25, 0.3) is 5.91 Å². The highest BCUT2D eigenvalue weighted by molar-refractivity contribution is 5.97. The van der Waals surface area contributed by atoms with E-state index in [1.54, 1.807) is 12.1 Å². The number of nitrogens with two attached hydrogens (primary N) is 1. The Morgan fingerprint density at radius 2 is 1.67 bits per heavy atom. The van der Waals surface area contributed by atoms with E-state index in [1.165, 1.54) is 24.4 Å². The van der Waals surface area contributed by atoms with Crippen LogP contribution >= 0.6 is 0 Å². The lowest BCUT2D eigenvalue weighted by molar-refractivity contribution is -0.139. The number of aliphatic carboxylic acids is 2. The summed E-state index contributed by atoms with van der Waals surface area (Å²) in [6.07, 6.45) is 2.59. The minimum Gasteiger partial charge on any atom is -0.492 e. The molecular weight excluding hydrogens is 602 g/mol. The topological polar surface area (TPSA) is 272 Å². The fourth-order valence-corrected chi connectivity index (χ4v) is 3.92. The van der Waals surface area contributed by atoms with Crippen molar-refractivity contribution in [2.24, 2.45) is 5.92 Å². The third-order valence-electron chi connectivity index (χ3n) is 6.37. The van der Waals surface area contributed by atoms with Gasteiger partial charge < -0.3 is 42.3 Å². The summed E-state index contributed by atoms with van der Waals surface area (Å²) in [6.45, 7) is 3.76. The summed E-state index contributed by atoms with van der Waals surface area (Å²) in [6, 6.07) is 4.79. The predicted molar refractivity (Wildman–Crippen MR) is 164 cm³/mol. The Bertz CT molecular complexity index is 1630. The molecule has 9 N–H and O–H groups in total. The zero-order valence-electron chi connectivity index (χ0n) is 25.1. The molecule has 46 heavy (non-hydrogen) atoms. The summed E-state index contributed by atoms with van der Waals surface area (Å²) in [4.78, 5) is 75.9. The summed E-state index contributed by atoms with van der Waals surface area (Å²) in [7, 11) is 0. The average Bonchev–Trinajstić information content (AvgIpc) is 3.00. The highest BCUT2D eigenvalue weighted by Gasteiger charge is 2.22. The number of benzene rings is 1. The van der Waals surface area contributed by atoms with Gasteiger partial charge >= 0.3 is 11.9 Å². The van der Waals surface area contributed by atoms with Crippen molar-refractivity contribution < 1.29 is 39.3 Å². The number of aromatic nitrogens is 4. The molecule has 0 spiro atoms. The lowest BCUT2D eigenvalue weighted by atomic mass is 10.1. The Hall–Kier alpha value is -5.87. The lowest BCUT2D eigenvalue weighted by Crippen LogP contribution is -2.42. The van der Waals surface area contributed by atoms with Crippen molar-refractivity contribution in [2.75, 3.05) is 17.7 Å². The first-order valence-corrected chi connectivity index (χ1v) is 14.1. The number of carbonyl (C=O) groups excluding carboxylic acids is 3. The third kappa shape index (κ3) is 10.7. The number of fused-ring (bicyclic) bond motifs is 1. The van der Waals surface area contributed by atoms with Gasteiger partial charge in [-0.3, -0.25) is 14.4 Å². The number of hydrogen-bond donors (Lipinski definition) is 8. The van der Waals surface area contributed by atoms with Crippen molar-refractivity contribution in [3.8, 4) is 5.88 Å². The van der Waals surface area contributed by atoms with E-state index in [2.05, 4.69) is 41.2 Å². The maximum absolute atomic E-state index is 12.7.